The highest BCUT2D eigenvalue weighted by Crippen LogP contribution is 2.22. The van der Waals surface area contributed by atoms with E-state index in [1.807, 2.05) is 24.3 Å². The number of amides is 1. The highest BCUT2D eigenvalue weighted by Gasteiger charge is 2.21. The third-order valence-electron chi connectivity index (χ3n) is 4.20. The van der Waals surface area contributed by atoms with Crippen LogP contribution >= 0.6 is 0 Å². The molecule has 0 radical (unpaired) electrons. The van der Waals surface area contributed by atoms with E-state index in [0.29, 0.717) is 12.5 Å². The molecule has 1 aliphatic rings. The quantitative estimate of drug-likeness (QED) is 0.862. The zero-order valence-electron chi connectivity index (χ0n) is 12.4. The zero-order valence-corrected chi connectivity index (χ0v) is 12.4. The minimum Gasteiger partial charge on any atom is -0.382 e. The normalized spacial score (nSPS) is 18.7. The van der Waals surface area contributed by atoms with Crippen molar-refractivity contribution in [2.75, 3.05) is 25.5 Å². The maximum atomic E-state index is 10.9. The van der Waals surface area contributed by atoms with Crippen molar-refractivity contribution in [2.45, 2.75) is 32.2 Å². The van der Waals surface area contributed by atoms with Gasteiger partial charge in [0.25, 0.3) is 0 Å². The SMILES string of the molecule is CC(Nc1ccc(CC(N)=O)cc1)C1CCN(C)CC1. The van der Waals surface area contributed by atoms with Gasteiger partial charge in [-0.15, -0.1) is 0 Å². The Kier molecular flexibility index (Phi) is 5.01. The lowest BCUT2D eigenvalue weighted by Gasteiger charge is -2.33. The van der Waals surface area contributed by atoms with Crippen molar-refractivity contribution in [3.63, 3.8) is 0 Å². The number of nitrogens with one attached hydrogen (secondary N) is 1. The molecule has 0 aromatic heterocycles. The fraction of sp³-hybridized carbons (Fsp3) is 0.562. The third-order valence-corrected chi connectivity index (χ3v) is 4.20. The molecular formula is C16H25N3O. The summed E-state index contributed by atoms with van der Waals surface area (Å²) in [6, 6.07) is 8.47. The van der Waals surface area contributed by atoms with Crippen LogP contribution in [0.1, 0.15) is 25.3 Å². The summed E-state index contributed by atoms with van der Waals surface area (Å²) in [6.07, 6.45) is 2.82. The molecule has 0 aliphatic carbocycles. The summed E-state index contributed by atoms with van der Waals surface area (Å²) >= 11 is 0. The summed E-state index contributed by atoms with van der Waals surface area (Å²) in [5, 5.41) is 3.57. The first-order valence-electron chi connectivity index (χ1n) is 7.37. The molecule has 4 heteroatoms. The number of hydrogen-bond donors (Lipinski definition) is 2. The lowest BCUT2D eigenvalue weighted by molar-refractivity contribution is -0.117. The fourth-order valence-corrected chi connectivity index (χ4v) is 2.83. The molecule has 1 aliphatic heterocycles. The standard InChI is InChI=1S/C16H25N3O/c1-12(14-7-9-19(2)10-8-14)18-15-5-3-13(4-6-15)11-16(17)20/h3-6,12,14,18H,7-11H2,1-2H3,(H2,17,20). The maximum Gasteiger partial charge on any atom is 0.221 e. The molecule has 4 nitrogen and oxygen atoms in total. The number of primary amides is 1. The summed E-state index contributed by atoms with van der Waals surface area (Å²) in [5.41, 5.74) is 7.28. The maximum absolute atomic E-state index is 10.9. The molecule has 1 aromatic carbocycles. The fourth-order valence-electron chi connectivity index (χ4n) is 2.83. The zero-order chi connectivity index (χ0) is 14.5. The van der Waals surface area contributed by atoms with Crippen molar-refractivity contribution in [1.82, 2.24) is 4.90 Å². The molecule has 1 unspecified atom stereocenters. The summed E-state index contributed by atoms with van der Waals surface area (Å²) < 4.78 is 0. The summed E-state index contributed by atoms with van der Waals surface area (Å²) in [7, 11) is 2.19. The van der Waals surface area contributed by atoms with Crippen molar-refractivity contribution >= 4 is 11.6 Å². The molecule has 0 saturated carbocycles. The number of carbonyl (C=O) groups excluding carboxylic acids is 1. The molecule has 1 heterocycles. The molecule has 1 amide bonds. The van der Waals surface area contributed by atoms with E-state index in [-0.39, 0.29) is 5.91 Å². The summed E-state index contributed by atoms with van der Waals surface area (Å²) in [5.74, 6) is 0.446. The Bertz CT molecular complexity index is 436. The topological polar surface area (TPSA) is 58.4 Å². The molecule has 3 N–H and O–H groups in total. The average molecular weight is 275 g/mol. The largest absolute Gasteiger partial charge is 0.382 e. The highest BCUT2D eigenvalue weighted by molar-refractivity contribution is 5.76. The molecule has 110 valence electrons. The molecule has 2 rings (SSSR count). The van der Waals surface area contributed by atoms with Crippen LogP contribution in [0.25, 0.3) is 0 Å². The molecule has 0 spiro atoms. The van der Waals surface area contributed by atoms with Gasteiger partial charge >= 0.3 is 0 Å². The van der Waals surface area contributed by atoms with Crippen LogP contribution in [0, 0.1) is 5.92 Å². The van der Waals surface area contributed by atoms with Gasteiger partial charge < -0.3 is 16.0 Å². The van der Waals surface area contributed by atoms with Gasteiger partial charge in [0.1, 0.15) is 0 Å². The predicted octanol–water partition coefficient (Wildman–Crippen LogP) is 1.86. The second-order valence-electron chi connectivity index (χ2n) is 5.91. The van der Waals surface area contributed by atoms with Crippen LogP contribution in [0.3, 0.4) is 0 Å². The first kappa shape index (κ1) is 14.9. The smallest absolute Gasteiger partial charge is 0.221 e. The Hall–Kier alpha value is -1.55. The summed E-state index contributed by atoms with van der Waals surface area (Å²) in [4.78, 5) is 13.3. The van der Waals surface area contributed by atoms with E-state index in [1.54, 1.807) is 0 Å². The second kappa shape index (κ2) is 6.75. The predicted molar refractivity (Wildman–Crippen MR) is 82.6 cm³/mol. The number of anilines is 1. The van der Waals surface area contributed by atoms with Crippen LogP contribution < -0.4 is 11.1 Å². The van der Waals surface area contributed by atoms with Gasteiger partial charge in [-0.05, 0) is 63.5 Å². The van der Waals surface area contributed by atoms with Crippen molar-refractivity contribution in [3.8, 4) is 0 Å². The van der Waals surface area contributed by atoms with Crippen LogP contribution in [0.2, 0.25) is 0 Å². The number of piperidine rings is 1. The Labute approximate surface area is 121 Å². The van der Waals surface area contributed by atoms with Crippen molar-refractivity contribution in [3.05, 3.63) is 29.8 Å². The van der Waals surface area contributed by atoms with Crippen molar-refractivity contribution in [2.24, 2.45) is 11.7 Å². The molecule has 20 heavy (non-hydrogen) atoms. The monoisotopic (exact) mass is 275 g/mol. The minimum atomic E-state index is -0.287. The molecule has 1 fully saturated rings. The van der Waals surface area contributed by atoms with Gasteiger partial charge in [-0.1, -0.05) is 12.1 Å². The van der Waals surface area contributed by atoms with Gasteiger partial charge in [0.15, 0.2) is 0 Å². The lowest BCUT2D eigenvalue weighted by atomic mass is 9.90. The van der Waals surface area contributed by atoms with Gasteiger partial charge in [-0.2, -0.15) is 0 Å². The van der Waals surface area contributed by atoms with Gasteiger partial charge in [-0.25, -0.2) is 0 Å². The van der Waals surface area contributed by atoms with Gasteiger partial charge in [0.05, 0.1) is 6.42 Å². The van der Waals surface area contributed by atoms with E-state index in [2.05, 4.69) is 24.2 Å². The van der Waals surface area contributed by atoms with Crippen LogP contribution in [0.5, 0.6) is 0 Å². The van der Waals surface area contributed by atoms with Gasteiger partial charge in [0.2, 0.25) is 5.91 Å². The van der Waals surface area contributed by atoms with Gasteiger partial charge in [0, 0.05) is 11.7 Å². The van der Waals surface area contributed by atoms with E-state index >= 15 is 0 Å². The third kappa shape index (κ3) is 4.23. The molecule has 1 atom stereocenters. The first-order valence-corrected chi connectivity index (χ1v) is 7.37. The van der Waals surface area contributed by atoms with Crippen molar-refractivity contribution < 1.29 is 4.79 Å². The highest BCUT2D eigenvalue weighted by atomic mass is 16.1. The Morgan fingerprint density at radius 3 is 2.50 bits per heavy atom. The average Bonchev–Trinajstić information content (AvgIpc) is 2.41. The van der Waals surface area contributed by atoms with Gasteiger partial charge in [-0.3, -0.25) is 4.79 Å². The van der Waals surface area contributed by atoms with Crippen molar-refractivity contribution in [1.29, 1.82) is 0 Å². The van der Waals surface area contributed by atoms with Crippen LogP contribution in [-0.4, -0.2) is 37.0 Å². The van der Waals surface area contributed by atoms with E-state index in [1.165, 1.54) is 25.9 Å². The molecule has 0 bridgehead atoms. The Morgan fingerprint density at radius 2 is 1.95 bits per heavy atom. The van der Waals surface area contributed by atoms with E-state index in [0.717, 1.165) is 17.2 Å². The first-order chi connectivity index (χ1) is 9.54. The van der Waals surface area contributed by atoms with Crippen LogP contribution in [0.4, 0.5) is 5.69 Å². The Morgan fingerprint density at radius 1 is 1.35 bits per heavy atom. The number of hydrogen-bond acceptors (Lipinski definition) is 3. The number of carbonyl (C=O) groups is 1. The molecule has 1 saturated heterocycles. The Balaban J connectivity index is 1.87. The molecular weight excluding hydrogens is 250 g/mol. The lowest BCUT2D eigenvalue weighted by Crippen LogP contribution is -2.37. The summed E-state index contributed by atoms with van der Waals surface area (Å²) in [6.45, 7) is 4.63. The van der Waals surface area contributed by atoms with Crippen LogP contribution in [-0.2, 0) is 11.2 Å². The van der Waals surface area contributed by atoms with E-state index < -0.39 is 0 Å². The number of rotatable bonds is 5. The second-order valence-corrected chi connectivity index (χ2v) is 5.91. The number of benzene rings is 1. The van der Waals surface area contributed by atoms with Crippen LogP contribution in [0.15, 0.2) is 24.3 Å². The number of nitrogens with two attached hydrogens (primary N) is 1. The number of nitrogens with zero attached hydrogens (tertiary/aromatic N) is 1. The minimum absolute atomic E-state index is 0.287. The molecule has 1 aromatic rings. The van der Waals surface area contributed by atoms with E-state index in [9.17, 15) is 4.79 Å². The number of likely N-dealkylation sites (tertiary alicyclic amines) is 1. The van der Waals surface area contributed by atoms with E-state index in [4.69, 9.17) is 5.73 Å².